The lowest BCUT2D eigenvalue weighted by molar-refractivity contribution is -0.152. The number of carbonyl (C=O) groups excluding carboxylic acids is 2. The Morgan fingerprint density at radius 1 is 1.18 bits per heavy atom. The SMILES string of the molecule is [B][C@H]1C[C@@H](COC(=O)CN)[C@@H](OC(=O)CN)C1. The molecule has 1 rings (SSSR count). The molecular weight excluding hydrogens is 223 g/mol. The highest BCUT2D eigenvalue weighted by Gasteiger charge is 2.35. The van der Waals surface area contributed by atoms with Gasteiger partial charge in [-0.05, 0) is 12.8 Å². The quantitative estimate of drug-likeness (QED) is 0.458. The van der Waals surface area contributed by atoms with Gasteiger partial charge in [-0.2, -0.15) is 0 Å². The summed E-state index contributed by atoms with van der Waals surface area (Å²) in [7, 11) is 5.78. The van der Waals surface area contributed by atoms with Gasteiger partial charge < -0.3 is 20.9 Å². The summed E-state index contributed by atoms with van der Waals surface area (Å²) in [6.45, 7) is -0.153. The van der Waals surface area contributed by atoms with Gasteiger partial charge >= 0.3 is 11.9 Å². The van der Waals surface area contributed by atoms with E-state index in [0.717, 1.165) is 0 Å². The van der Waals surface area contributed by atoms with Gasteiger partial charge in [-0.25, -0.2) is 0 Å². The molecule has 1 aliphatic carbocycles. The molecule has 17 heavy (non-hydrogen) atoms. The average molecular weight is 240 g/mol. The van der Waals surface area contributed by atoms with Crippen molar-refractivity contribution in [3.63, 3.8) is 0 Å². The maximum atomic E-state index is 11.1. The second-order valence-corrected chi connectivity index (χ2v) is 4.11. The molecule has 2 radical (unpaired) electrons. The van der Waals surface area contributed by atoms with Crippen molar-refractivity contribution in [2.45, 2.75) is 24.8 Å². The Hall–Kier alpha value is -1.08. The van der Waals surface area contributed by atoms with E-state index in [1.807, 2.05) is 0 Å². The first-order valence-corrected chi connectivity index (χ1v) is 5.57. The first-order valence-electron chi connectivity index (χ1n) is 5.57. The molecule has 1 fully saturated rings. The smallest absolute Gasteiger partial charge is 0.319 e. The molecule has 0 aromatic carbocycles. The van der Waals surface area contributed by atoms with Crippen LogP contribution < -0.4 is 11.5 Å². The number of carbonyl (C=O) groups is 2. The monoisotopic (exact) mass is 240 g/mol. The highest BCUT2D eigenvalue weighted by Crippen LogP contribution is 2.35. The lowest BCUT2D eigenvalue weighted by Gasteiger charge is -2.19. The minimum absolute atomic E-state index is 0.0489. The predicted molar refractivity (Wildman–Crippen MR) is 61.2 cm³/mol. The van der Waals surface area contributed by atoms with E-state index in [2.05, 4.69) is 0 Å². The number of hydrogen-bond donors (Lipinski definition) is 2. The van der Waals surface area contributed by atoms with Crippen LogP contribution in [-0.4, -0.2) is 45.6 Å². The van der Waals surface area contributed by atoms with Crippen molar-refractivity contribution < 1.29 is 19.1 Å². The number of esters is 2. The molecule has 0 aromatic rings. The molecule has 0 unspecified atom stereocenters. The van der Waals surface area contributed by atoms with Gasteiger partial charge in [0, 0.05) is 5.92 Å². The lowest BCUT2D eigenvalue weighted by Crippen LogP contribution is -2.30. The highest BCUT2D eigenvalue weighted by molar-refractivity contribution is 6.11. The fraction of sp³-hybridized carbons (Fsp3) is 0.800. The fourth-order valence-electron chi connectivity index (χ4n) is 1.92. The average Bonchev–Trinajstić information content (AvgIpc) is 2.66. The topological polar surface area (TPSA) is 105 Å². The molecule has 0 spiro atoms. The van der Waals surface area contributed by atoms with Crippen LogP contribution in [0.25, 0.3) is 0 Å². The van der Waals surface area contributed by atoms with Crippen LogP contribution in [0.1, 0.15) is 12.8 Å². The molecule has 0 heterocycles. The first kappa shape index (κ1) is 14.0. The van der Waals surface area contributed by atoms with Crippen molar-refractivity contribution in [1.29, 1.82) is 0 Å². The third kappa shape index (κ3) is 4.36. The summed E-state index contributed by atoms with van der Waals surface area (Å²) < 4.78 is 10.1. The van der Waals surface area contributed by atoms with Gasteiger partial charge in [0.05, 0.1) is 27.5 Å². The van der Waals surface area contributed by atoms with E-state index >= 15 is 0 Å². The van der Waals surface area contributed by atoms with E-state index in [4.69, 9.17) is 28.8 Å². The van der Waals surface area contributed by atoms with Gasteiger partial charge in [-0.3, -0.25) is 9.59 Å². The fourth-order valence-corrected chi connectivity index (χ4v) is 1.92. The van der Waals surface area contributed by atoms with Crippen molar-refractivity contribution in [3.8, 4) is 0 Å². The van der Waals surface area contributed by atoms with E-state index in [1.54, 1.807) is 0 Å². The molecule has 0 bridgehead atoms. The van der Waals surface area contributed by atoms with Crippen LogP contribution in [-0.2, 0) is 19.1 Å². The van der Waals surface area contributed by atoms with Gasteiger partial charge in [0.2, 0.25) is 0 Å². The van der Waals surface area contributed by atoms with Crippen molar-refractivity contribution in [1.82, 2.24) is 0 Å². The van der Waals surface area contributed by atoms with Crippen molar-refractivity contribution in [3.05, 3.63) is 0 Å². The van der Waals surface area contributed by atoms with E-state index in [9.17, 15) is 9.59 Å². The van der Waals surface area contributed by atoms with E-state index in [-0.39, 0.29) is 37.5 Å². The van der Waals surface area contributed by atoms with Crippen LogP contribution in [0.4, 0.5) is 0 Å². The Morgan fingerprint density at radius 3 is 2.41 bits per heavy atom. The summed E-state index contributed by atoms with van der Waals surface area (Å²) >= 11 is 0. The van der Waals surface area contributed by atoms with Crippen LogP contribution in [0.15, 0.2) is 0 Å². The second kappa shape index (κ2) is 6.61. The minimum Gasteiger partial charge on any atom is -0.464 e. The summed E-state index contributed by atoms with van der Waals surface area (Å²) in [6.07, 6.45) is 0.892. The van der Waals surface area contributed by atoms with Gasteiger partial charge in [0.15, 0.2) is 0 Å². The third-order valence-electron chi connectivity index (χ3n) is 2.74. The maximum absolute atomic E-state index is 11.1. The Balaban J connectivity index is 2.44. The molecule has 4 N–H and O–H groups in total. The molecule has 3 atom stereocenters. The molecule has 0 aliphatic heterocycles. The molecule has 6 nitrogen and oxygen atoms in total. The first-order chi connectivity index (χ1) is 8.06. The van der Waals surface area contributed by atoms with Crippen LogP contribution in [0.3, 0.4) is 0 Å². The van der Waals surface area contributed by atoms with E-state index in [0.29, 0.717) is 12.8 Å². The molecular formula is C10H17BN2O4. The highest BCUT2D eigenvalue weighted by atomic mass is 16.6. The Kier molecular flexibility index (Phi) is 5.44. The third-order valence-corrected chi connectivity index (χ3v) is 2.74. The van der Waals surface area contributed by atoms with Crippen LogP contribution >= 0.6 is 0 Å². The summed E-state index contributed by atoms with van der Waals surface area (Å²) in [5, 5.41) is 0. The van der Waals surface area contributed by atoms with Crippen molar-refractivity contribution in [2.75, 3.05) is 19.7 Å². The Morgan fingerprint density at radius 2 is 1.82 bits per heavy atom. The van der Waals surface area contributed by atoms with Gasteiger partial charge in [0.25, 0.3) is 0 Å². The zero-order valence-corrected chi connectivity index (χ0v) is 9.63. The predicted octanol–water partition coefficient (Wildman–Crippen LogP) is -1.27. The summed E-state index contributed by atoms with van der Waals surface area (Å²) in [5.41, 5.74) is 10.3. The van der Waals surface area contributed by atoms with Crippen LogP contribution in [0.2, 0.25) is 5.82 Å². The number of ether oxygens (including phenoxy) is 2. The van der Waals surface area contributed by atoms with Crippen molar-refractivity contribution >= 4 is 19.8 Å². The summed E-state index contributed by atoms with van der Waals surface area (Å²) in [5.74, 6) is -1.07. The Bertz CT molecular complexity index is 287. The molecule has 1 saturated carbocycles. The van der Waals surface area contributed by atoms with Gasteiger partial charge in [0.1, 0.15) is 6.10 Å². The standard InChI is InChI=1S/C10H17BN2O4/c11-7-1-6(5-16-9(14)3-12)8(2-7)17-10(15)4-13/h6-8H,1-5,12-13H2/t6-,7-,8-/m0/s1. The van der Waals surface area contributed by atoms with Crippen LogP contribution in [0, 0.1) is 5.92 Å². The molecule has 0 aromatic heterocycles. The van der Waals surface area contributed by atoms with Gasteiger partial charge in [-0.1, -0.05) is 5.82 Å². The zero-order chi connectivity index (χ0) is 12.8. The summed E-state index contributed by atoms with van der Waals surface area (Å²) in [6, 6.07) is 0. The summed E-state index contributed by atoms with van der Waals surface area (Å²) in [4.78, 5) is 22.0. The number of rotatable bonds is 5. The van der Waals surface area contributed by atoms with Crippen molar-refractivity contribution in [2.24, 2.45) is 17.4 Å². The zero-order valence-electron chi connectivity index (χ0n) is 9.63. The largest absolute Gasteiger partial charge is 0.464 e. The molecule has 7 heteroatoms. The second-order valence-electron chi connectivity index (χ2n) is 4.11. The number of nitrogens with two attached hydrogens (primary N) is 2. The van der Waals surface area contributed by atoms with E-state index < -0.39 is 11.9 Å². The molecule has 0 amide bonds. The number of hydrogen-bond acceptors (Lipinski definition) is 6. The molecule has 94 valence electrons. The van der Waals surface area contributed by atoms with Gasteiger partial charge in [-0.15, -0.1) is 0 Å². The van der Waals surface area contributed by atoms with E-state index in [1.165, 1.54) is 0 Å². The molecule has 1 aliphatic rings. The minimum atomic E-state index is -0.477. The Labute approximate surface area is 101 Å². The normalized spacial score (nSPS) is 27.8. The molecule has 0 saturated heterocycles. The maximum Gasteiger partial charge on any atom is 0.319 e. The lowest BCUT2D eigenvalue weighted by atomic mass is 9.85. The van der Waals surface area contributed by atoms with Crippen LogP contribution in [0.5, 0.6) is 0 Å².